The van der Waals surface area contributed by atoms with Gasteiger partial charge in [0.25, 0.3) is 0 Å². The van der Waals surface area contributed by atoms with Crippen LogP contribution in [-0.2, 0) is 65.4 Å². The van der Waals surface area contributed by atoms with Crippen LogP contribution >= 0.6 is 15.6 Å². The number of phosphoric acid groups is 2. The summed E-state index contributed by atoms with van der Waals surface area (Å²) in [4.78, 5) is 72.6. The van der Waals surface area contributed by atoms with E-state index in [4.69, 9.17) is 37.0 Å². The third kappa shape index (κ3) is 68.9. The molecule has 19 heteroatoms. The van der Waals surface area contributed by atoms with Crippen LogP contribution in [0.25, 0.3) is 0 Å². The summed E-state index contributed by atoms with van der Waals surface area (Å²) in [5, 5.41) is 10.6. The normalized spacial score (nSPS) is 15.0. The van der Waals surface area contributed by atoms with E-state index in [1.165, 1.54) is 12.8 Å². The largest absolute Gasteiger partial charge is 0.472 e. The molecule has 0 fully saturated rings. The highest BCUT2D eigenvalue weighted by atomic mass is 31.2. The van der Waals surface area contributed by atoms with Crippen molar-refractivity contribution in [2.24, 2.45) is 0 Å². The predicted molar refractivity (Wildman–Crippen MR) is 399 cm³/mol. The molecule has 98 heavy (non-hydrogen) atoms. The lowest BCUT2D eigenvalue weighted by molar-refractivity contribution is -0.161. The van der Waals surface area contributed by atoms with Crippen LogP contribution in [0, 0.1) is 0 Å². The molecule has 0 aromatic rings. The van der Waals surface area contributed by atoms with Gasteiger partial charge in [0.2, 0.25) is 0 Å². The molecule has 0 rings (SSSR count). The van der Waals surface area contributed by atoms with E-state index in [1.807, 2.05) is 24.3 Å². The van der Waals surface area contributed by atoms with Gasteiger partial charge < -0.3 is 33.8 Å². The van der Waals surface area contributed by atoms with Crippen molar-refractivity contribution in [2.75, 3.05) is 39.6 Å². The summed E-state index contributed by atoms with van der Waals surface area (Å²) in [6.45, 7) is 4.24. The minimum Gasteiger partial charge on any atom is -0.462 e. The maximum absolute atomic E-state index is 13.0. The van der Waals surface area contributed by atoms with Crippen molar-refractivity contribution in [2.45, 2.75) is 264 Å². The molecule has 0 aliphatic rings. The van der Waals surface area contributed by atoms with Crippen LogP contribution in [0.4, 0.5) is 0 Å². The van der Waals surface area contributed by atoms with E-state index in [9.17, 15) is 43.2 Å². The Morgan fingerprint density at radius 1 is 0.306 bits per heavy atom. The first-order chi connectivity index (χ1) is 47.7. The number of esters is 4. The number of aliphatic hydroxyl groups excluding tert-OH is 1. The van der Waals surface area contributed by atoms with Crippen molar-refractivity contribution in [1.29, 1.82) is 0 Å². The molecule has 0 saturated heterocycles. The highest BCUT2D eigenvalue weighted by Crippen LogP contribution is 2.45. The van der Waals surface area contributed by atoms with Crippen LogP contribution in [0.5, 0.6) is 0 Å². The molecule has 3 N–H and O–H groups in total. The maximum Gasteiger partial charge on any atom is 0.472 e. The third-order valence-electron chi connectivity index (χ3n) is 14.2. The average Bonchev–Trinajstić information content (AvgIpc) is 0.982. The first kappa shape index (κ1) is 92.4. The highest BCUT2D eigenvalue weighted by molar-refractivity contribution is 7.47. The first-order valence-corrected chi connectivity index (χ1v) is 39.4. The fraction of sp³-hybridized carbons (Fsp3) is 0.595. The number of allylic oxidation sites excluding steroid dienone is 27. The summed E-state index contributed by atoms with van der Waals surface area (Å²) in [5.41, 5.74) is 0. The lowest BCUT2D eigenvalue weighted by Gasteiger charge is -2.21. The number of ether oxygens (including phenoxy) is 4. The van der Waals surface area contributed by atoms with Crippen molar-refractivity contribution in [3.63, 3.8) is 0 Å². The SMILES string of the molecule is CC/C=C\C/C=C\C/C=C\C/C=C\C/C=C\CC(=O)OCC(COP(=O)(O)OCC(O)COP(=O)(O)OCC(COC(=O)CCCCCC/C=C\C/C=C\C/C=C\C/C=C\CC)OC(=O)CCCCCCC/C=C\CCCC)OC(=O)CCCC/C=C\C/C=C\C/C=C\C/C=C\CC. The van der Waals surface area contributed by atoms with Gasteiger partial charge in [-0.3, -0.25) is 37.3 Å². The zero-order valence-electron chi connectivity index (χ0n) is 60.1. The molecule has 0 radical (unpaired) electrons. The van der Waals surface area contributed by atoms with E-state index in [0.29, 0.717) is 32.1 Å². The number of hydrogen-bond acceptors (Lipinski definition) is 15. The Labute approximate surface area is 591 Å². The lowest BCUT2D eigenvalue weighted by Crippen LogP contribution is -2.30. The average molecular weight is 1410 g/mol. The molecule has 0 saturated carbocycles. The fourth-order valence-electron chi connectivity index (χ4n) is 8.72. The van der Waals surface area contributed by atoms with E-state index in [2.05, 4.69) is 167 Å². The second-order valence-electron chi connectivity index (χ2n) is 23.4. The zero-order valence-corrected chi connectivity index (χ0v) is 61.9. The molecule has 0 spiro atoms. The second-order valence-corrected chi connectivity index (χ2v) is 26.3. The van der Waals surface area contributed by atoms with Crippen molar-refractivity contribution in [3.05, 3.63) is 170 Å². The molecule has 554 valence electrons. The third-order valence-corrected chi connectivity index (χ3v) is 16.1. The molecule has 0 aliphatic heterocycles. The van der Waals surface area contributed by atoms with Crippen LogP contribution in [0.2, 0.25) is 0 Å². The molecular weight excluding hydrogens is 1280 g/mol. The van der Waals surface area contributed by atoms with Crippen LogP contribution in [0.1, 0.15) is 246 Å². The van der Waals surface area contributed by atoms with Crippen LogP contribution in [0.15, 0.2) is 170 Å². The van der Waals surface area contributed by atoms with Gasteiger partial charge in [-0.25, -0.2) is 9.13 Å². The van der Waals surface area contributed by atoms with Gasteiger partial charge in [0.1, 0.15) is 19.3 Å². The standard InChI is InChI=1S/C79H126O17P2/c1-5-9-13-17-21-25-29-32-35-36-39-41-45-48-52-56-60-64-77(82)89-69-74(95-78(83)65-61-57-53-49-43-28-24-20-16-12-8-4)71-93-97(85,86)91-67-73(80)68-92-98(87,88)94-72-75(96-79(84)66-62-58-54-50-46-42-38-34-31-27-23-19-15-11-7-3)70-90-76(81)63-59-55-51-47-44-40-37-33-30-26-22-18-14-10-6-2/h9-11,13-15,20-27,32-35,37-39,41,44,46-47,50,55,59,73-75,80H,5-8,12,16-19,28-31,36,40,42-43,45,48-49,51-54,56-58,60-72H2,1-4H3,(H,85,86)(H,87,88)/b13-9-,14-10-,15-11-,24-20-,25-21-,26-22-,27-23-,35-32-,37-33-,38-34-,41-39-,47-44-,50-46-,59-55-. The Bertz CT molecular complexity index is 2530. The van der Waals surface area contributed by atoms with Crippen molar-refractivity contribution in [3.8, 4) is 0 Å². The molecule has 17 nitrogen and oxygen atoms in total. The van der Waals surface area contributed by atoms with Crippen molar-refractivity contribution < 1.29 is 80.2 Å². The number of aliphatic hydroxyl groups is 1. The van der Waals surface area contributed by atoms with Gasteiger partial charge in [0.05, 0.1) is 32.8 Å². The minimum atomic E-state index is -5.01. The molecule has 0 bridgehead atoms. The van der Waals surface area contributed by atoms with E-state index in [1.54, 1.807) is 6.08 Å². The number of hydrogen-bond donors (Lipinski definition) is 3. The number of phosphoric ester groups is 2. The summed E-state index contributed by atoms with van der Waals surface area (Å²) in [6.07, 6.45) is 81.1. The molecule has 5 unspecified atom stereocenters. The smallest absolute Gasteiger partial charge is 0.462 e. The molecule has 0 aliphatic carbocycles. The minimum absolute atomic E-state index is 0.0164. The topological polar surface area (TPSA) is 237 Å². The van der Waals surface area contributed by atoms with Crippen LogP contribution in [-0.4, -0.2) is 96.7 Å². The molecule has 5 atom stereocenters. The number of carbonyl (C=O) groups is 4. The number of rotatable bonds is 66. The van der Waals surface area contributed by atoms with E-state index in [-0.39, 0.29) is 25.7 Å². The summed E-state index contributed by atoms with van der Waals surface area (Å²) < 4.78 is 68.1. The Morgan fingerprint density at radius 2 is 0.571 bits per heavy atom. The van der Waals surface area contributed by atoms with Gasteiger partial charge in [-0.1, -0.05) is 243 Å². The fourth-order valence-corrected chi connectivity index (χ4v) is 10.3. The molecular formula is C79H126O17P2. The summed E-state index contributed by atoms with van der Waals surface area (Å²) >= 11 is 0. The number of unbranched alkanes of at least 4 members (excludes halogenated alkanes) is 13. The lowest BCUT2D eigenvalue weighted by atomic mass is 10.1. The molecule has 0 aromatic carbocycles. The van der Waals surface area contributed by atoms with Gasteiger partial charge >= 0.3 is 39.5 Å². The monoisotopic (exact) mass is 1410 g/mol. The molecule has 0 aromatic heterocycles. The van der Waals surface area contributed by atoms with E-state index < -0.39 is 97.5 Å². The van der Waals surface area contributed by atoms with Gasteiger partial charge in [-0.2, -0.15) is 0 Å². The van der Waals surface area contributed by atoms with Gasteiger partial charge in [-0.05, 0) is 148 Å². The Kier molecular flexibility index (Phi) is 65.9. The van der Waals surface area contributed by atoms with Crippen molar-refractivity contribution in [1.82, 2.24) is 0 Å². The van der Waals surface area contributed by atoms with E-state index in [0.717, 1.165) is 148 Å². The summed E-state index contributed by atoms with van der Waals surface area (Å²) in [5.74, 6) is -2.43. The second kappa shape index (κ2) is 69.9. The Morgan fingerprint density at radius 3 is 0.939 bits per heavy atom. The van der Waals surface area contributed by atoms with Gasteiger partial charge in [-0.15, -0.1) is 0 Å². The molecule has 0 amide bonds. The van der Waals surface area contributed by atoms with Gasteiger partial charge in [0.15, 0.2) is 12.2 Å². The van der Waals surface area contributed by atoms with Crippen molar-refractivity contribution >= 4 is 39.5 Å². The zero-order chi connectivity index (χ0) is 71.8. The van der Waals surface area contributed by atoms with Gasteiger partial charge in [0, 0.05) is 19.3 Å². The quantitative estimate of drug-likeness (QED) is 0.0169. The number of carbonyl (C=O) groups excluding carboxylic acids is 4. The van der Waals surface area contributed by atoms with Crippen LogP contribution in [0.3, 0.4) is 0 Å². The van der Waals surface area contributed by atoms with E-state index >= 15 is 0 Å². The van der Waals surface area contributed by atoms with Crippen LogP contribution < -0.4 is 0 Å². The first-order valence-electron chi connectivity index (χ1n) is 36.4. The Balaban J connectivity index is 5.47. The Hall–Kier alpha value is -5.58. The predicted octanol–water partition coefficient (Wildman–Crippen LogP) is 20.7. The summed E-state index contributed by atoms with van der Waals surface area (Å²) in [7, 11) is -10.0. The summed E-state index contributed by atoms with van der Waals surface area (Å²) in [6, 6.07) is 0. The maximum atomic E-state index is 13.0. The highest BCUT2D eigenvalue weighted by Gasteiger charge is 2.30. The molecule has 0 heterocycles.